The van der Waals surface area contributed by atoms with Crippen LogP contribution in [0.2, 0.25) is 0 Å². The molecule has 5 nitrogen and oxygen atoms in total. The molecule has 0 unspecified atom stereocenters. The summed E-state index contributed by atoms with van der Waals surface area (Å²) >= 11 is 3.55. The molecule has 0 saturated heterocycles. The summed E-state index contributed by atoms with van der Waals surface area (Å²) in [7, 11) is 3.27. The van der Waals surface area contributed by atoms with E-state index in [9.17, 15) is 0 Å². The van der Waals surface area contributed by atoms with E-state index in [1.165, 1.54) is 0 Å². The number of hydrogen-bond donors (Lipinski definition) is 1. The molecule has 1 heterocycles. The average molecular weight is 340 g/mol. The van der Waals surface area contributed by atoms with Gasteiger partial charge in [-0.25, -0.2) is 0 Å². The predicted octanol–water partition coefficient (Wildman–Crippen LogP) is 2.45. The second-order valence-corrected chi connectivity index (χ2v) is 5.10. The summed E-state index contributed by atoms with van der Waals surface area (Å²) in [4.78, 5) is 0. The van der Waals surface area contributed by atoms with E-state index in [-0.39, 0.29) is 0 Å². The zero-order chi connectivity index (χ0) is 14.4. The molecular formula is C14H18BrN3O2. The number of nitrogens with one attached hydrogen (secondary N) is 1. The minimum Gasteiger partial charge on any atom is -0.493 e. The van der Waals surface area contributed by atoms with Crippen molar-refractivity contribution in [1.29, 1.82) is 0 Å². The molecule has 20 heavy (non-hydrogen) atoms. The summed E-state index contributed by atoms with van der Waals surface area (Å²) in [6, 6.07) is 5.82. The van der Waals surface area contributed by atoms with E-state index in [0.717, 1.165) is 41.2 Å². The average Bonchev–Trinajstić information content (AvgIpc) is 2.97. The fourth-order valence-corrected chi connectivity index (χ4v) is 2.34. The molecule has 6 heteroatoms. The Kier molecular flexibility index (Phi) is 5.43. The maximum atomic E-state index is 5.31. The van der Waals surface area contributed by atoms with Gasteiger partial charge in [-0.2, -0.15) is 5.10 Å². The van der Waals surface area contributed by atoms with Crippen molar-refractivity contribution in [3.05, 3.63) is 40.6 Å². The maximum Gasteiger partial charge on any atom is 0.161 e. The van der Waals surface area contributed by atoms with Crippen LogP contribution in [-0.2, 0) is 13.1 Å². The third kappa shape index (κ3) is 3.74. The van der Waals surface area contributed by atoms with Gasteiger partial charge in [-0.15, -0.1) is 0 Å². The largest absolute Gasteiger partial charge is 0.493 e. The van der Waals surface area contributed by atoms with Gasteiger partial charge in [0, 0.05) is 30.0 Å². The fourth-order valence-electron chi connectivity index (χ4n) is 1.88. The van der Waals surface area contributed by atoms with Crippen LogP contribution in [0.5, 0.6) is 11.5 Å². The molecule has 0 aliphatic carbocycles. The van der Waals surface area contributed by atoms with Crippen molar-refractivity contribution in [1.82, 2.24) is 15.1 Å². The lowest BCUT2D eigenvalue weighted by Gasteiger charge is -2.12. The molecule has 0 fully saturated rings. The van der Waals surface area contributed by atoms with E-state index in [2.05, 4.69) is 26.3 Å². The highest BCUT2D eigenvalue weighted by Gasteiger charge is 2.09. The lowest BCUT2D eigenvalue weighted by molar-refractivity contribution is 0.354. The van der Waals surface area contributed by atoms with Crippen LogP contribution in [0.3, 0.4) is 0 Å². The zero-order valence-electron chi connectivity index (χ0n) is 11.6. The summed E-state index contributed by atoms with van der Waals surface area (Å²) in [5.41, 5.74) is 1.13. The van der Waals surface area contributed by atoms with Crippen molar-refractivity contribution < 1.29 is 9.47 Å². The van der Waals surface area contributed by atoms with Gasteiger partial charge in [-0.3, -0.25) is 4.68 Å². The Balaban J connectivity index is 1.92. The first-order valence-electron chi connectivity index (χ1n) is 6.33. The zero-order valence-corrected chi connectivity index (χ0v) is 13.2. The number of aromatic nitrogens is 2. The summed E-state index contributed by atoms with van der Waals surface area (Å²) in [6.45, 7) is 2.45. The SMILES string of the molecule is COc1cc(Br)c(CNCCn2cccn2)cc1OC. The first kappa shape index (κ1) is 14.9. The highest BCUT2D eigenvalue weighted by atomic mass is 79.9. The summed E-state index contributed by atoms with van der Waals surface area (Å²) in [6.07, 6.45) is 3.74. The van der Waals surface area contributed by atoms with Crippen molar-refractivity contribution in [2.75, 3.05) is 20.8 Å². The Labute approximate surface area is 127 Å². The highest BCUT2D eigenvalue weighted by Crippen LogP contribution is 2.33. The molecule has 0 radical (unpaired) electrons. The molecule has 0 aliphatic rings. The number of halogens is 1. The number of ether oxygens (including phenoxy) is 2. The fraction of sp³-hybridized carbons (Fsp3) is 0.357. The van der Waals surface area contributed by atoms with Crippen LogP contribution in [0.1, 0.15) is 5.56 Å². The minimum absolute atomic E-state index is 0.722. The standard InChI is InChI=1S/C14H18BrN3O2/c1-19-13-8-11(12(15)9-14(13)20-2)10-16-5-7-18-6-3-4-17-18/h3-4,6,8-9,16H,5,7,10H2,1-2H3. The Morgan fingerprint density at radius 2 is 2.00 bits per heavy atom. The molecule has 0 saturated carbocycles. The van der Waals surface area contributed by atoms with Gasteiger partial charge >= 0.3 is 0 Å². The Morgan fingerprint density at radius 1 is 1.25 bits per heavy atom. The van der Waals surface area contributed by atoms with Crippen LogP contribution in [0.25, 0.3) is 0 Å². The van der Waals surface area contributed by atoms with Crippen LogP contribution in [0.4, 0.5) is 0 Å². The summed E-state index contributed by atoms with van der Waals surface area (Å²) < 4.78 is 13.5. The number of nitrogens with zero attached hydrogens (tertiary/aromatic N) is 2. The topological polar surface area (TPSA) is 48.3 Å². The number of benzene rings is 1. The lowest BCUT2D eigenvalue weighted by atomic mass is 10.2. The molecule has 1 aromatic carbocycles. The third-order valence-electron chi connectivity index (χ3n) is 2.94. The van der Waals surface area contributed by atoms with E-state index in [1.807, 2.05) is 29.1 Å². The Bertz CT molecular complexity index is 544. The number of hydrogen-bond acceptors (Lipinski definition) is 4. The number of rotatable bonds is 7. The first-order valence-corrected chi connectivity index (χ1v) is 7.12. The molecule has 2 rings (SSSR count). The van der Waals surface area contributed by atoms with Crippen molar-refractivity contribution >= 4 is 15.9 Å². The van der Waals surface area contributed by atoms with Gasteiger partial charge in [0.2, 0.25) is 0 Å². The van der Waals surface area contributed by atoms with Crippen LogP contribution >= 0.6 is 15.9 Å². The maximum absolute atomic E-state index is 5.31. The lowest BCUT2D eigenvalue weighted by Crippen LogP contribution is -2.20. The van der Waals surface area contributed by atoms with E-state index in [0.29, 0.717) is 0 Å². The van der Waals surface area contributed by atoms with Gasteiger partial charge in [-0.1, -0.05) is 15.9 Å². The van der Waals surface area contributed by atoms with Gasteiger partial charge in [0.15, 0.2) is 11.5 Å². The van der Waals surface area contributed by atoms with E-state index < -0.39 is 0 Å². The third-order valence-corrected chi connectivity index (χ3v) is 3.68. The Morgan fingerprint density at radius 3 is 2.65 bits per heavy atom. The quantitative estimate of drug-likeness (QED) is 0.787. The predicted molar refractivity (Wildman–Crippen MR) is 81.2 cm³/mol. The van der Waals surface area contributed by atoms with Gasteiger partial charge in [0.05, 0.1) is 20.8 Å². The Hall–Kier alpha value is -1.53. The van der Waals surface area contributed by atoms with Crippen molar-refractivity contribution in [3.8, 4) is 11.5 Å². The van der Waals surface area contributed by atoms with Gasteiger partial charge in [0.25, 0.3) is 0 Å². The molecule has 0 amide bonds. The minimum atomic E-state index is 0.722. The van der Waals surface area contributed by atoms with E-state index in [1.54, 1.807) is 20.4 Å². The molecule has 0 spiro atoms. The normalized spacial score (nSPS) is 10.6. The first-order chi connectivity index (χ1) is 9.74. The second-order valence-electron chi connectivity index (χ2n) is 4.24. The van der Waals surface area contributed by atoms with Crippen LogP contribution < -0.4 is 14.8 Å². The van der Waals surface area contributed by atoms with Crippen molar-refractivity contribution in [2.45, 2.75) is 13.1 Å². The highest BCUT2D eigenvalue weighted by molar-refractivity contribution is 9.10. The van der Waals surface area contributed by atoms with Crippen LogP contribution in [0, 0.1) is 0 Å². The summed E-state index contributed by atoms with van der Waals surface area (Å²) in [5.74, 6) is 1.46. The van der Waals surface area contributed by atoms with E-state index >= 15 is 0 Å². The molecule has 1 aromatic heterocycles. The van der Waals surface area contributed by atoms with Gasteiger partial charge in [-0.05, 0) is 23.8 Å². The van der Waals surface area contributed by atoms with Gasteiger partial charge in [0.1, 0.15) is 0 Å². The molecule has 0 atom stereocenters. The van der Waals surface area contributed by atoms with E-state index in [4.69, 9.17) is 9.47 Å². The smallest absolute Gasteiger partial charge is 0.161 e. The van der Waals surface area contributed by atoms with Crippen LogP contribution in [0.15, 0.2) is 35.1 Å². The van der Waals surface area contributed by atoms with Crippen molar-refractivity contribution in [2.24, 2.45) is 0 Å². The molecule has 108 valence electrons. The second kappa shape index (κ2) is 7.31. The monoisotopic (exact) mass is 339 g/mol. The number of methoxy groups -OCH3 is 2. The molecule has 1 N–H and O–H groups in total. The molecular weight excluding hydrogens is 322 g/mol. The molecule has 0 bridgehead atoms. The van der Waals surface area contributed by atoms with Crippen LogP contribution in [-0.4, -0.2) is 30.5 Å². The molecule has 0 aliphatic heterocycles. The van der Waals surface area contributed by atoms with Gasteiger partial charge < -0.3 is 14.8 Å². The van der Waals surface area contributed by atoms with Crippen molar-refractivity contribution in [3.63, 3.8) is 0 Å². The summed E-state index contributed by atoms with van der Waals surface area (Å²) in [5, 5.41) is 7.54. The molecule has 2 aromatic rings.